The highest BCUT2D eigenvalue weighted by molar-refractivity contribution is 7.91. The molecular weight excluding hydrogens is 589 g/mol. The van der Waals surface area contributed by atoms with E-state index in [1.165, 1.54) is 0 Å². The first-order chi connectivity index (χ1) is 20.5. The smallest absolute Gasteiger partial charge is 0.136 e. The highest BCUT2D eigenvalue weighted by Crippen LogP contribution is 2.30. The monoisotopic (exact) mass is 636 g/mol. The van der Waals surface area contributed by atoms with Crippen LogP contribution in [0.4, 0.5) is 0 Å². The van der Waals surface area contributed by atoms with Gasteiger partial charge in [0.15, 0.2) is 0 Å². The maximum Gasteiger partial charge on any atom is 0.136 e. The second kappa shape index (κ2) is 13.8. The second-order valence-electron chi connectivity index (χ2n) is 14.0. The molecule has 0 aliphatic heterocycles. The fourth-order valence-corrected chi connectivity index (χ4v) is 6.50. The van der Waals surface area contributed by atoms with Crippen LogP contribution in [0.15, 0.2) is 60.9 Å². The number of imidazole rings is 2. The fourth-order valence-electron chi connectivity index (χ4n) is 4.57. The molecule has 0 radical (unpaired) electrons. The summed E-state index contributed by atoms with van der Waals surface area (Å²) in [4.78, 5) is 16.2. The molecular formula is C34H48N6O2S2. The Kier molecular flexibility index (Phi) is 10.8. The van der Waals surface area contributed by atoms with Crippen LogP contribution in [0, 0.1) is 11.8 Å². The lowest BCUT2D eigenvalue weighted by atomic mass is 10.0. The molecule has 0 saturated heterocycles. The van der Waals surface area contributed by atoms with Gasteiger partial charge in [0.05, 0.1) is 23.8 Å². The minimum atomic E-state index is -1.20. The summed E-state index contributed by atoms with van der Waals surface area (Å²) in [6.07, 6.45) is 3.68. The van der Waals surface area contributed by atoms with E-state index in [-0.39, 0.29) is 33.4 Å². The molecule has 0 unspecified atom stereocenters. The SMILES string of the molecule is CC(C)[C@H](N[S@@+]([O-])C(C)(C)C)c1ncc(-c2ccc(-c3ccc(-c4cnc([C@@H](N[S@+]([O-])C(C)(C)C)C(C)C)[nH]4)cc3)cc2)[nH]1. The molecule has 2 aromatic carbocycles. The van der Waals surface area contributed by atoms with E-state index in [1.807, 2.05) is 53.9 Å². The third kappa shape index (κ3) is 8.35. The summed E-state index contributed by atoms with van der Waals surface area (Å²) in [5.41, 5.74) is 6.14. The average molecular weight is 637 g/mol. The van der Waals surface area contributed by atoms with Crippen LogP contribution in [-0.4, -0.2) is 38.5 Å². The quantitative estimate of drug-likeness (QED) is 0.125. The number of aromatic amines is 2. The van der Waals surface area contributed by atoms with Gasteiger partial charge >= 0.3 is 0 Å². The maximum absolute atomic E-state index is 12.8. The summed E-state index contributed by atoms with van der Waals surface area (Å²) in [7, 11) is 0. The van der Waals surface area contributed by atoms with Crippen LogP contribution in [0.3, 0.4) is 0 Å². The lowest BCUT2D eigenvalue weighted by Crippen LogP contribution is -2.43. The molecule has 10 heteroatoms. The van der Waals surface area contributed by atoms with Gasteiger partial charge in [-0.3, -0.25) is 0 Å². The van der Waals surface area contributed by atoms with Crippen molar-refractivity contribution >= 4 is 22.7 Å². The number of rotatable bonds is 11. The first-order valence-electron chi connectivity index (χ1n) is 15.2. The zero-order valence-electron chi connectivity index (χ0n) is 27.6. The molecule has 0 bridgehead atoms. The van der Waals surface area contributed by atoms with Crippen molar-refractivity contribution in [2.75, 3.05) is 0 Å². The van der Waals surface area contributed by atoms with Crippen LogP contribution < -0.4 is 9.44 Å². The number of nitrogens with one attached hydrogen (secondary N) is 4. The summed E-state index contributed by atoms with van der Waals surface area (Å²) in [6, 6.07) is 16.5. The molecule has 4 aromatic rings. The van der Waals surface area contributed by atoms with Gasteiger partial charge in [-0.25, -0.2) is 9.97 Å². The minimum absolute atomic E-state index is 0.146. The zero-order valence-corrected chi connectivity index (χ0v) is 29.2. The number of benzene rings is 2. The number of hydrogen-bond acceptors (Lipinski definition) is 6. The van der Waals surface area contributed by atoms with Crippen LogP contribution in [-0.2, 0) is 22.7 Å². The van der Waals surface area contributed by atoms with Gasteiger partial charge in [-0.1, -0.05) is 76.2 Å². The Hall–Kier alpha value is -2.60. The number of nitrogens with zero attached hydrogens (tertiary/aromatic N) is 2. The molecule has 2 aromatic heterocycles. The van der Waals surface area contributed by atoms with Crippen molar-refractivity contribution in [3.05, 3.63) is 72.6 Å². The first kappa shape index (κ1) is 34.3. The normalized spacial score (nSPS) is 15.5. The Bertz CT molecular complexity index is 1370. The predicted octanol–water partition coefficient (Wildman–Crippen LogP) is 7.63. The van der Waals surface area contributed by atoms with Gasteiger partial charge in [-0.2, -0.15) is 0 Å². The molecule has 0 aliphatic carbocycles. The third-order valence-electron chi connectivity index (χ3n) is 7.42. The predicted molar refractivity (Wildman–Crippen MR) is 184 cm³/mol. The topological polar surface area (TPSA) is 128 Å². The van der Waals surface area contributed by atoms with Crippen molar-refractivity contribution < 1.29 is 9.11 Å². The van der Waals surface area contributed by atoms with Crippen LogP contribution in [0.2, 0.25) is 0 Å². The van der Waals surface area contributed by atoms with Crippen molar-refractivity contribution in [2.24, 2.45) is 11.8 Å². The molecule has 0 aliphatic rings. The van der Waals surface area contributed by atoms with Gasteiger partial charge in [0, 0.05) is 22.7 Å². The van der Waals surface area contributed by atoms with E-state index < -0.39 is 22.7 Å². The van der Waals surface area contributed by atoms with Crippen molar-refractivity contribution in [3.63, 3.8) is 0 Å². The summed E-state index contributed by atoms with van der Waals surface area (Å²) in [6.45, 7) is 20.2. The van der Waals surface area contributed by atoms with Gasteiger partial charge < -0.3 is 19.1 Å². The number of H-pyrrole nitrogens is 2. The van der Waals surface area contributed by atoms with Crippen LogP contribution >= 0.6 is 0 Å². The maximum atomic E-state index is 12.8. The molecule has 238 valence electrons. The summed E-state index contributed by atoms with van der Waals surface area (Å²) in [5.74, 6) is 2.00. The van der Waals surface area contributed by atoms with Crippen LogP contribution in [0.1, 0.15) is 93.0 Å². The number of aromatic nitrogens is 4. The Labute approximate surface area is 269 Å². The summed E-state index contributed by atoms with van der Waals surface area (Å²) < 4.78 is 31.3. The molecule has 0 spiro atoms. The van der Waals surface area contributed by atoms with Crippen molar-refractivity contribution in [3.8, 4) is 33.6 Å². The molecule has 0 fully saturated rings. The van der Waals surface area contributed by atoms with E-state index in [0.29, 0.717) is 0 Å². The van der Waals surface area contributed by atoms with E-state index in [4.69, 9.17) is 0 Å². The molecule has 44 heavy (non-hydrogen) atoms. The standard InChI is InChI=1S/C34H48N6O2S2/c1-21(2)29(39-43(41)33(5,6)7)31-35-19-27(37-31)25-15-11-23(12-16-25)24-13-17-26(18-14-24)28-20-36-32(38-28)30(22(3)4)40-44(42)34(8,9)10/h11-22,29-30,39-40H,1-10H3,(H,35,37)(H,36,38)/t29-,30-,43-,44+/m0/s1. The largest absolute Gasteiger partial charge is 0.598 e. The number of hydrogen-bond donors (Lipinski definition) is 4. The molecule has 0 saturated carbocycles. The van der Waals surface area contributed by atoms with Crippen LogP contribution in [0.5, 0.6) is 0 Å². The van der Waals surface area contributed by atoms with Gasteiger partial charge in [-0.15, -0.1) is 9.44 Å². The summed E-state index contributed by atoms with van der Waals surface area (Å²) in [5, 5.41) is 0. The Morgan fingerprint density at radius 3 is 1.14 bits per heavy atom. The lowest BCUT2D eigenvalue weighted by Gasteiger charge is -2.28. The van der Waals surface area contributed by atoms with Gasteiger partial charge in [0.1, 0.15) is 33.2 Å². The van der Waals surface area contributed by atoms with E-state index in [1.54, 1.807) is 0 Å². The molecule has 0 amide bonds. The third-order valence-corrected chi connectivity index (χ3v) is 10.6. The zero-order chi connectivity index (χ0) is 32.4. The van der Waals surface area contributed by atoms with Crippen molar-refractivity contribution in [2.45, 2.75) is 90.8 Å². The first-order valence-corrected chi connectivity index (χ1v) is 17.5. The van der Waals surface area contributed by atoms with E-state index in [0.717, 1.165) is 45.3 Å². The minimum Gasteiger partial charge on any atom is -0.598 e. The second-order valence-corrected chi connectivity index (χ2v) is 18.0. The van der Waals surface area contributed by atoms with Gasteiger partial charge in [0.2, 0.25) is 0 Å². The Balaban J connectivity index is 1.46. The van der Waals surface area contributed by atoms with Crippen LogP contribution in [0.25, 0.3) is 33.6 Å². The van der Waals surface area contributed by atoms with Crippen molar-refractivity contribution in [1.82, 2.24) is 29.4 Å². The Morgan fingerprint density at radius 1 is 0.568 bits per heavy atom. The van der Waals surface area contributed by atoms with E-state index >= 15 is 0 Å². The van der Waals surface area contributed by atoms with E-state index in [2.05, 4.69) is 106 Å². The summed E-state index contributed by atoms with van der Waals surface area (Å²) >= 11 is -2.40. The molecule has 8 nitrogen and oxygen atoms in total. The van der Waals surface area contributed by atoms with Gasteiger partial charge in [-0.05, 0) is 75.6 Å². The molecule has 2 heterocycles. The highest BCUT2D eigenvalue weighted by atomic mass is 32.2. The van der Waals surface area contributed by atoms with E-state index in [9.17, 15) is 9.11 Å². The molecule has 4 atom stereocenters. The molecule has 4 rings (SSSR count). The lowest BCUT2D eigenvalue weighted by molar-refractivity contribution is 0.438. The average Bonchev–Trinajstić information content (AvgIpc) is 3.64. The highest BCUT2D eigenvalue weighted by Gasteiger charge is 2.33. The fraction of sp³-hybridized carbons (Fsp3) is 0.471. The van der Waals surface area contributed by atoms with Gasteiger partial charge in [0.25, 0.3) is 0 Å². The van der Waals surface area contributed by atoms with Crippen molar-refractivity contribution in [1.29, 1.82) is 0 Å². The molecule has 4 N–H and O–H groups in total. The Morgan fingerprint density at radius 2 is 0.864 bits per heavy atom.